The van der Waals surface area contributed by atoms with Gasteiger partial charge in [0.05, 0.1) is 35.1 Å². The van der Waals surface area contributed by atoms with Crippen molar-refractivity contribution in [3.63, 3.8) is 0 Å². The summed E-state index contributed by atoms with van der Waals surface area (Å²) in [7, 11) is 0. The zero-order chi connectivity index (χ0) is 18.3. The number of carbonyl (C=O) groups is 1. The summed E-state index contributed by atoms with van der Waals surface area (Å²) < 4.78 is 1.81. The Kier molecular flexibility index (Phi) is 4.04. The molecule has 3 aromatic rings. The number of rotatable bonds is 2. The fourth-order valence-corrected chi connectivity index (χ4v) is 3.19. The van der Waals surface area contributed by atoms with E-state index in [0.717, 1.165) is 5.69 Å². The van der Waals surface area contributed by atoms with Crippen LogP contribution in [0.4, 0.5) is 0 Å². The summed E-state index contributed by atoms with van der Waals surface area (Å²) in [5.74, 6) is -0.398. The van der Waals surface area contributed by atoms with Crippen molar-refractivity contribution in [1.29, 1.82) is 0 Å². The lowest BCUT2D eigenvalue weighted by Gasteiger charge is -2.19. The maximum Gasteiger partial charge on any atom is 0.280 e. The maximum absolute atomic E-state index is 12.9. The molecule has 26 heavy (non-hydrogen) atoms. The highest BCUT2D eigenvalue weighted by Crippen LogP contribution is 2.19. The number of aromatic nitrogens is 4. The van der Waals surface area contributed by atoms with Gasteiger partial charge in [0.25, 0.3) is 11.5 Å². The fraction of sp³-hybridized carbons (Fsp3) is 0.333. The predicted octanol–water partition coefficient (Wildman–Crippen LogP) is 1.22. The topological polar surface area (TPSA) is 104 Å². The molecule has 1 aromatic carbocycles. The van der Waals surface area contributed by atoms with Gasteiger partial charge in [-0.25, -0.2) is 4.98 Å². The maximum atomic E-state index is 12.9. The average Bonchev–Trinajstić information content (AvgIpc) is 2.93. The van der Waals surface area contributed by atoms with Crippen LogP contribution in [-0.4, -0.2) is 42.2 Å². The largest absolute Gasteiger partial charge is 0.387 e. The van der Waals surface area contributed by atoms with Crippen molar-refractivity contribution in [3.8, 4) is 0 Å². The molecule has 0 radical (unpaired) electrons. The number of para-hydroxylation sites is 2. The van der Waals surface area contributed by atoms with E-state index in [1.165, 1.54) is 0 Å². The molecule has 1 atom stereocenters. The number of aryl methyl sites for hydroxylation is 1. The fourth-order valence-electron chi connectivity index (χ4n) is 3.19. The zero-order valence-electron chi connectivity index (χ0n) is 14.3. The van der Waals surface area contributed by atoms with E-state index < -0.39 is 17.6 Å². The van der Waals surface area contributed by atoms with Gasteiger partial charge in [0.2, 0.25) is 0 Å². The number of nitrogens with zero attached hydrogens (tertiary/aromatic N) is 4. The highest BCUT2D eigenvalue weighted by molar-refractivity contribution is 5.93. The molecule has 2 aromatic heterocycles. The van der Waals surface area contributed by atoms with Crippen molar-refractivity contribution < 1.29 is 9.90 Å². The highest BCUT2D eigenvalue weighted by Gasteiger charge is 2.25. The van der Waals surface area contributed by atoms with Crippen molar-refractivity contribution in [2.75, 3.05) is 6.54 Å². The minimum Gasteiger partial charge on any atom is -0.387 e. The molecule has 0 unspecified atom stereocenters. The molecule has 0 saturated carbocycles. The Balaban J connectivity index is 1.67. The first-order valence-electron chi connectivity index (χ1n) is 8.56. The third kappa shape index (κ3) is 2.88. The van der Waals surface area contributed by atoms with E-state index in [4.69, 9.17) is 0 Å². The quantitative estimate of drug-likeness (QED) is 0.721. The summed E-state index contributed by atoms with van der Waals surface area (Å²) in [4.78, 5) is 33.9. The van der Waals surface area contributed by atoms with Crippen molar-refractivity contribution in [1.82, 2.24) is 24.6 Å². The van der Waals surface area contributed by atoms with Gasteiger partial charge < -0.3 is 15.0 Å². The van der Waals surface area contributed by atoms with E-state index in [1.54, 1.807) is 36.1 Å². The minimum atomic E-state index is -0.663. The number of benzene rings is 1. The summed E-state index contributed by atoms with van der Waals surface area (Å²) in [5, 5.41) is 14.1. The van der Waals surface area contributed by atoms with Crippen molar-refractivity contribution in [2.24, 2.45) is 0 Å². The van der Waals surface area contributed by atoms with Gasteiger partial charge in [-0.1, -0.05) is 12.1 Å². The van der Waals surface area contributed by atoms with Gasteiger partial charge in [-0.3, -0.25) is 14.3 Å². The molecule has 0 fully saturated rings. The van der Waals surface area contributed by atoms with Gasteiger partial charge in [0.1, 0.15) is 0 Å². The van der Waals surface area contributed by atoms with Crippen LogP contribution in [0.25, 0.3) is 11.0 Å². The Morgan fingerprint density at radius 2 is 2.12 bits per heavy atom. The smallest absolute Gasteiger partial charge is 0.280 e. The number of amides is 1. The van der Waals surface area contributed by atoms with E-state index in [1.807, 2.05) is 10.7 Å². The van der Waals surface area contributed by atoms with Gasteiger partial charge in [-0.05, 0) is 31.5 Å². The van der Waals surface area contributed by atoms with Crippen LogP contribution in [0.3, 0.4) is 0 Å². The van der Waals surface area contributed by atoms with Crippen molar-refractivity contribution in [3.05, 3.63) is 57.8 Å². The van der Waals surface area contributed by atoms with E-state index in [9.17, 15) is 14.7 Å². The van der Waals surface area contributed by atoms with Crippen LogP contribution < -0.4 is 5.56 Å². The number of hydrogen-bond acceptors (Lipinski definition) is 5. The number of H-pyrrole nitrogens is 1. The van der Waals surface area contributed by atoms with Gasteiger partial charge in [-0.15, -0.1) is 0 Å². The number of aliphatic hydroxyl groups excluding tert-OH is 1. The molecule has 1 aliphatic rings. The summed E-state index contributed by atoms with van der Waals surface area (Å²) in [5.41, 5.74) is 2.00. The Labute approximate surface area is 149 Å². The molecule has 1 amide bonds. The molecule has 1 aliphatic heterocycles. The van der Waals surface area contributed by atoms with Gasteiger partial charge in [0.15, 0.2) is 5.69 Å². The lowest BCUT2D eigenvalue weighted by atomic mass is 10.2. The lowest BCUT2D eigenvalue weighted by molar-refractivity contribution is 0.0738. The first kappa shape index (κ1) is 16.5. The van der Waals surface area contributed by atoms with Gasteiger partial charge >= 0.3 is 0 Å². The van der Waals surface area contributed by atoms with Crippen LogP contribution in [0.15, 0.2) is 35.1 Å². The third-order valence-corrected chi connectivity index (χ3v) is 4.55. The highest BCUT2D eigenvalue weighted by atomic mass is 16.3. The molecule has 8 nitrogen and oxygen atoms in total. The van der Waals surface area contributed by atoms with Crippen molar-refractivity contribution in [2.45, 2.75) is 32.5 Å². The second-order valence-corrected chi connectivity index (χ2v) is 6.47. The first-order chi connectivity index (χ1) is 12.5. The first-order valence-corrected chi connectivity index (χ1v) is 8.56. The molecular formula is C18H19N5O3. The molecule has 4 rings (SSSR count). The van der Waals surface area contributed by atoms with Crippen LogP contribution >= 0.6 is 0 Å². The molecule has 0 aliphatic carbocycles. The van der Waals surface area contributed by atoms with Gasteiger partial charge in [-0.2, -0.15) is 5.10 Å². The van der Waals surface area contributed by atoms with Crippen LogP contribution in [-0.2, 0) is 13.1 Å². The summed E-state index contributed by atoms with van der Waals surface area (Å²) in [6, 6.07) is 8.92. The normalized spacial score (nSPS) is 15.5. The zero-order valence-corrected chi connectivity index (χ0v) is 14.3. The molecule has 3 heterocycles. The minimum absolute atomic E-state index is 0.104. The number of aliphatic hydroxyl groups is 1. The number of nitrogens with one attached hydrogen (secondary N) is 1. The van der Waals surface area contributed by atoms with Crippen molar-refractivity contribution >= 4 is 16.9 Å². The number of hydrogen-bond donors (Lipinski definition) is 2. The second-order valence-electron chi connectivity index (χ2n) is 6.47. The number of carbonyl (C=O) groups excluding carboxylic acids is 1. The van der Waals surface area contributed by atoms with Crippen LogP contribution in [0.1, 0.15) is 41.3 Å². The third-order valence-electron chi connectivity index (χ3n) is 4.55. The molecule has 0 saturated heterocycles. The number of aromatic amines is 1. The SMILES string of the molecule is C[C@H](O)c1cc2n(n1)CCCN(C(=O)c1nc3ccccc3[nH]c1=O)C2. The second kappa shape index (κ2) is 6.38. The van der Waals surface area contributed by atoms with Gasteiger partial charge in [0, 0.05) is 13.1 Å². The van der Waals surface area contributed by atoms with Crippen LogP contribution in [0.5, 0.6) is 0 Å². The Bertz CT molecular complexity index is 1040. The lowest BCUT2D eigenvalue weighted by Crippen LogP contribution is -2.35. The molecule has 0 bridgehead atoms. The Morgan fingerprint density at radius 3 is 2.92 bits per heavy atom. The van der Waals surface area contributed by atoms with E-state index >= 15 is 0 Å². The molecule has 2 N–H and O–H groups in total. The molecular weight excluding hydrogens is 334 g/mol. The van der Waals surface area contributed by atoms with E-state index in [2.05, 4.69) is 15.1 Å². The number of fused-ring (bicyclic) bond motifs is 2. The Morgan fingerprint density at radius 1 is 1.31 bits per heavy atom. The summed E-state index contributed by atoms with van der Waals surface area (Å²) in [6.07, 6.45) is 0.0501. The standard InChI is InChI=1S/C18H19N5O3/c1-11(24)15-9-12-10-22(7-4-8-23(12)21-15)18(26)16-17(25)20-14-6-3-2-5-13(14)19-16/h2-3,5-6,9,11,24H,4,7-8,10H2,1H3,(H,20,25)/t11-/m0/s1. The van der Waals surface area contributed by atoms with Crippen LogP contribution in [0.2, 0.25) is 0 Å². The predicted molar refractivity (Wildman–Crippen MR) is 94.6 cm³/mol. The molecule has 134 valence electrons. The molecule has 0 spiro atoms. The monoisotopic (exact) mass is 353 g/mol. The van der Waals surface area contributed by atoms with Crippen LogP contribution in [0, 0.1) is 0 Å². The summed E-state index contributed by atoms with van der Waals surface area (Å²) >= 11 is 0. The average molecular weight is 353 g/mol. The molecule has 8 heteroatoms. The summed E-state index contributed by atoms with van der Waals surface area (Å²) in [6.45, 7) is 3.16. The Hall–Kier alpha value is -3.00. The van der Waals surface area contributed by atoms with E-state index in [0.29, 0.717) is 42.8 Å². The van der Waals surface area contributed by atoms with E-state index in [-0.39, 0.29) is 5.69 Å².